The van der Waals surface area contributed by atoms with E-state index in [4.69, 9.17) is 0 Å². The van der Waals surface area contributed by atoms with E-state index in [1.807, 2.05) is 12.1 Å². The minimum atomic E-state index is 0.130. The van der Waals surface area contributed by atoms with E-state index >= 15 is 0 Å². The van der Waals surface area contributed by atoms with E-state index in [0.717, 1.165) is 44.2 Å². The largest absolute Gasteiger partial charge is 0.508 e. The zero-order valence-corrected chi connectivity index (χ0v) is 16.8. The predicted molar refractivity (Wildman–Crippen MR) is 112 cm³/mol. The van der Waals surface area contributed by atoms with Crippen LogP contribution in [0, 0.1) is 34.5 Å². The van der Waals surface area contributed by atoms with Crippen LogP contribution in [0.25, 0.3) is 0 Å². The lowest BCUT2D eigenvalue weighted by Gasteiger charge is -2.55. The Balaban J connectivity index is 1.30. The molecule has 1 aromatic carbocycles. The first-order chi connectivity index (χ1) is 14.5. The number of hydrogen-bond donors (Lipinski definition) is 3. The van der Waals surface area contributed by atoms with Crippen molar-refractivity contribution < 1.29 is 9.90 Å². The second-order valence-electron chi connectivity index (χ2n) is 9.15. The third kappa shape index (κ3) is 3.36. The first kappa shape index (κ1) is 18.9. The molecule has 7 heteroatoms. The summed E-state index contributed by atoms with van der Waals surface area (Å²) in [4.78, 5) is 21.2. The van der Waals surface area contributed by atoms with Crippen molar-refractivity contribution in [1.82, 2.24) is 9.97 Å². The number of carbonyl (C=O) groups excluding carboxylic acids is 1. The van der Waals surface area contributed by atoms with Gasteiger partial charge in [-0.3, -0.25) is 4.79 Å². The number of carbonyl (C=O) groups is 1. The summed E-state index contributed by atoms with van der Waals surface area (Å²) in [5.74, 6) is 2.75. The molecule has 1 unspecified atom stereocenters. The number of nitrogens with zero attached hydrogens (tertiary/aromatic N) is 3. The van der Waals surface area contributed by atoms with Crippen molar-refractivity contribution in [1.29, 1.82) is 5.26 Å². The lowest BCUT2D eigenvalue weighted by atomic mass is 9.49. The number of nitrogens with one attached hydrogen (secondary N) is 2. The summed E-state index contributed by atoms with van der Waals surface area (Å²) < 4.78 is 0. The Morgan fingerprint density at radius 3 is 2.67 bits per heavy atom. The molecule has 30 heavy (non-hydrogen) atoms. The smallest absolute Gasteiger partial charge is 0.224 e. The average molecular weight is 403 g/mol. The van der Waals surface area contributed by atoms with Crippen molar-refractivity contribution in [3.63, 3.8) is 0 Å². The van der Waals surface area contributed by atoms with Gasteiger partial charge in [0.15, 0.2) is 0 Å². The van der Waals surface area contributed by atoms with E-state index in [9.17, 15) is 15.2 Å². The van der Waals surface area contributed by atoms with E-state index in [0.29, 0.717) is 35.6 Å². The monoisotopic (exact) mass is 403 g/mol. The number of aromatic hydroxyl groups is 1. The molecule has 154 valence electrons. The molecule has 0 saturated heterocycles. The van der Waals surface area contributed by atoms with Crippen molar-refractivity contribution in [2.45, 2.75) is 38.6 Å². The summed E-state index contributed by atoms with van der Waals surface area (Å²) in [6.07, 6.45) is 6.72. The Labute approximate surface area is 175 Å². The molecule has 4 atom stereocenters. The van der Waals surface area contributed by atoms with E-state index < -0.39 is 0 Å². The number of Topliss-reactive ketones (excluding diaryl/α,β-unsaturated/α-hetero) is 1. The number of ketones is 1. The summed E-state index contributed by atoms with van der Waals surface area (Å²) in [6, 6.07) is 9.27. The van der Waals surface area contributed by atoms with Gasteiger partial charge in [0, 0.05) is 30.5 Å². The number of nitriles is 1. The van der Waals surface area contributed by atoms with Crippen LogP contribution in [0.3, 0.4) is 0 Å². The summed E-state index contributed by atoms with van der Waals surface area (Å²) in [6.45, 7) is 1.11. The van der Waals surface area contributed by atoms with Gasteiger partial charge < -0.3 is 15.7 Å². The van der Waals surface area contributed by atoms with Crippen LogP contribution in [0.2, 0.25) is 0 Å². The summed E-state index contributed by atoms with van der Waals surface area (Å²) in [5.41, 5.74) is 1.29. The lowest BCUT2D eigenvalue weighted by Crippen LogP contribution is -2.53. The lowest BCUT2D eigenvalue weighted by molar-refractivity contribution is -0.146. The van der Waals surface area contributed by atoms with Crippen LogP contribution >= 0.6 is 0 Å². The van der Waals surface area contributed by atoms with Gasteiger partial charge in [-0.1, -0.05) is 18.2 Å². The fourth-order valence-electron chi connectivity index (χ4n) is 5.91. The standard InChI is InChI=1S/C23H25N5O2/c24-10-18-12-26-22(25-11-15-3-1-2-4-19(15)29)28-21(18)27-13-23-7-14-5-16(8-23)20(30)17(6-14)9-23/h1-4,12,14,16-17,29H,5-9,11,13H2,(H2,25,26,27,28)/t14?,16-,17+,23-. The quantitative estimate of drug-likeness (QED) is 0.677. The molecule has 4 aliphatic carbocycles. The molecule has 0 radical (unpaired) electrons. The molecule has 2 aromatic rings. The Hall–Kier alpha value is -3.14. The van der Waals surface area contributed by atoms with Gasteiger partial charge in [-0.25, -0.2) is 4.98 Å². The van der Waals surface area contributed by atoms with Gasteiger partial charge in [0.1, 0.15) is 29.0 Å². The zero-order valence-electron chi connectivity index (χ0n) is 16.8. The molecule has 1 heterocycles. The third-order valence-corrected chi connectivity index (χ3v) is 7.09. The predicted octanol–water partition coefficient (Wildman–Crippen LogP) is 3.47. The summed E-state index contributed by atoms with van der Waals surface area (Å²) in [7, 11) is 0. The molecule has 0 aliphatic heterocycles. The fraction of sp³-hybridized carbons (Fsp3) is 0.478. The molecular weight excluding hydrogens is 378 g/mol. The number of anilines is 2. The van der Waals surface area contributed by atoms with Crippen LogP contribution in [0.5, 0.6) is 5.75 Å². The van der Waals surface area contributed by atoms with Crippen LogP contribution in [0.1, 0.15) is 43.2 Å². The van der Waals surface area contributed by atoms with Gasteiger partial charge in [0.2, 0.25) is 5.95 Å². The molecule has 6 rings (SSSR count). The van der Waals surface area contributed by atoms with Crippen LogP contribution in [0.4, 0.5) is 11.8 Å². The molecule has 4 bridgehead atoms. The highest BCUT2D eigenvalue weighted by atomic mass is 16.3. The van der Waals surface area contributed by atoms with E-state index in [1.165, 1.54) is 6.20 Å². The van der Waals surface area contributed by atoms with Gasteiger partial charge in [-0.05, 0) is 49.5 Å². The summed E-state index contributed by atoms with van der Waals surface area (Å²) >= 11 is 0. The number of para-hydroxylation sites is 1. The van der Waals surface area contributed by atoms with Crippen molar-refractivity contribution in [2.75, 3.05) is 17.2 Å². The van der Waals surface area contributed by atoms with Crippen LogP contribution in [-0.2, 0) is 11.3 Å². The van der Waals surface area contributed by atoms with Crippen molar-refractivity contribution in [3.8, 4) is 11.8 Å². The second-order valence-corrected chi connectivity index (χ2v) is 9.15. The highest BCUT2D eigenvalue weighted by Crippen LogP contribution is 2.58. The highest BCUT2D eigenvalue weighted by Gasteiger charge is 2.54. The number of phenolic OH excluding ortho intramolecular Hbond substituents is 1. The minimum absolute atomic E-state index is 0.130. The first-order valence-electron chi connectivity index (χ1n) is 10.6. The van der Waals surface area contributed by atoms with Crippen LogP contribution in [0.15, 0.2) is 30.5 Å². The maximum Gasteiger partial charge on any atom is 0.224 e. The van der Waals surface area contributed by atoms with Gasteiger partial charge in [-0.15, -0.1) is 0 Å². The molecule has 3 N–H and O–H groups in total. The average Bonchev–Trinajstić information content (AvgIpc) is 2.75. The van der Waals surface area contributed by atoms with Crippen molar-refractivity contribution >= 4 is 17.5 Å². The number of phenols is 1. The SMILES string of the molecule is N#Cc1cnc(NCc2ccccc2O)nc1NC[C@]12CC3C[C@H](C1)C(=O)[C@@H](C3)C2. The Kier molecular flexibility index (Phi) is 4.58. The Morgan fingerprint density at radius 2 is 1.93 bits per heavy atom. The highest BCUT2D eigenvalue weighted by molar-refractivity contribution is 5.85. The Morgan fingerprint density at radius 1 is 1.17 bits per heavy atom. The zero-order chi connectivity index (χ0) is 20.7. The molecule has 0 spiro atoms. The van der Waals surface area contributed by atoms with Crippen molar-refractivity contribution in [3.05, 3.63) is 41.6 Å². The molecule has 4 fully saturated rings. The number of rotatable bonds is 6. The number of hydrogen-bond acceptors (Lipinski definition) is 7. The fourth-order valence-corrected chi connectivity index (χ4v) is 5.91. The third-order valence-electron chi connectivity index (χ3n) is 7.09. The van der Waals surface area contributed by atoms with Gasteiger partial charge in [-0.2, -0.15) is 10.2 Å². The minimum Gasteiger partial charge on any atom is -0.508 e. The number of benzene rings is 1. The number of aromatic nitrogens is 2. The topological polar surface area (TPSA) is 111 Å². The molecule has 4 aliphatic rings. The summed E-state index contributed by atoms with van der Waals surface area (Å²) in [5, 5.41) is 25.9. The van der Waals surface area contributed by atoms with Gasteiger partial charge in [0.05, 0.1) is 6.20 Å². The van der Waals surface area contributed by atoms with Crippen molar-refractivity contribution in [2.24, 2.45) is 23.2 Å². The first-order valence-corrected chi connectivity index (χ1v) is 10.6. The molecule has 7 nitrogen and oxygen atoms in total. The van der Waals surface area contributed by atoms with E-state index in [1.54, 1.807) is 12.1 Å². The van der Waals surface area contributed by atoms with E-state index in [-0.39, 0.29) is 23.0 Å². The van der Waals surface area contributed by atoms with Gasteiger partial charge in [0.25, 0.3) is 0 Å². The Bertz CT molecular complexity index is 1010. The maximum atomic E-state index is 12.4. The molecule has 0 amide bonds. The second kappa shape index (κ2) is 7.28. The van der Waals surface area contributed by atoms with Crippen LogP contribution in [-0.4, -0.2) is 27.4 Å². The molecular formula is C23H25N5O2. The van der Waals surface area contributed by atoms with E-state index in [2.05, 4.69) is 26.7 Å². The van der Waals surface area contributed by atoms with Crippen LogP contribution < -0.4 is 10.6 Å². The maximum absolute atomic E-state index is 12.4. The molecule has 1 aromatic heterocycles. The normalized spacial score (nSPS) is 28.9. The van der Waals surface area contributed by atoms with Gasteiger partial charge >= 0.3 is 0 Å². The molecule has 4 saturated carbocycles.